The summed E-state index contributed by atoms with van der Waals surface area (Å²) in [5.74, 6) is -12.1. The Morgan fingerprint density at radius 2 is 0.914 bits per heavy atom. The number of hydrogen-bond acceptors (Lipinski definition) is 14. The highest BCUT2D eigenvalue weighted by molar-refractivity contribution is 5.37. The van der Waals surface area contributed by atoms with Crippen molar-refractivity contribution in [2.45, 2.75) is 49.4 Å². The molecule has 356 valence electrons. The number of nitriles is 2. The third-order valence-corrected chi connectivity index (χ3v) is 10.4. The lowest BCUT2D eigenvalue weighted by Crippen LogP contribution is -2.48. The van der Waals surface area contributed by atoms with Crippen molar-refractivity contribution in [3.05, 3.63) is 202 Å². The Labute approximate surface area is 390 Å². The largest absolute Gasteiger partial charge is 0.489 e. The predicted molar refractivity (Wildman–Crippen MR) is 223 cm³/mol. The lowest BCUT2D eigenvalue weighted by Gasteiger charge is -2.35. The monoisotopic (exact) mass is 968 g/mol. The highest BCUT2D eigenvalue weighted by Gasteiger charge is 2.59. The minimum absolute atomic E-state index is 0.00770. The minimum Gasteiger partial charge on any atom is -0.489 e. The van der Waals surface area contributed by atoms with E-state index in [1.54, 1.807) is 48.5 Å². The van der Waals surface area contributed by atoms with E-state index in [4.69, 9.17) is 20.0 Å². The van der Waals surface area contributed by atoms with Crippen LogP contribution in [0.4, 0.5) is 35.1 Å². The summed E-state index contributed by atoms with van der Waals surface area (Å²) in [6.45, 7) is -1.90. The second-order valence-corrected chi connectivity index (χ2v) is 15.1. The van der Waals surface area contributed by atoms with Gasteiger partial charge < -0.3 is 19.7 Å². The standard InChI is InChI=1S/2C23H16F4N6O2/c2*24-17-4-7-19(20(25)9-17)22(34,13-33-14-30-31-32-33)23(26,27)21-8-3-16(11-29-21)12-35-18-5-1-15(10-28)2-6-18/h2*1-9,11,14,34H,12-13H2. The number of nitrogens with zero attached hydrogens (tertiary/aromatic N) is 12. The number of hydrogen-bond donors (Lipinski definition) is 2. The molecule has 2 atom stereocenters. The zero-order valence-electron chi connectivity index (χ0n) is 35.6. The van der Waals surface area contributed by atoms with Gasteiger partial charge >= 0.3 is 11.8 Å². The number of aliphatic hydroxyl groups is 2. The molecule has 4 heterocycles. The first-order valence-electron chi connectivity index (χ1n) is 20.2. The third-order valence-electron chi connectivity index (χ3n) is 10.4. The zero-order valence-corrected chi connectivity index (χ0v) is 35.6. The molecule has 8 rings (SSSR count). The molecule has 2 unspecified atom stereocenters. The maximum atomic E-state index is 15.7. The molecule has 24 heteroatoms. The first-order valence-corrected chi connectivity index (χ1v) is 20.2. The molecular weight excluding hydrogens is 937 g/mol. The molecule has 16 nitrogen and oxygen atoms in total. The predicted octanol–water partition coefficient (Wildman–Crippen LogP) is 6.95. The van der Waals surface area contributed by atoms with Crippen LogP contribution in [0.15, 0.2) is 134 Å². The number of aromatic nitrogens is 10. The van der Waals surface area contributed by atoms with Crippen molar-refractivity contribution in [2.75, 3.05) is 0 Å². The Balaban J connectivity index is 0.000000206. The smallest absolute Gasteiger partial charge is 0.323 e. The first-order chi connectivity index (χ1) is 33.4. The number of tetrazole rings is 2. The van der Waals surface area contributed by atoms with Gasteiger partial charge in [-0.15, -0.1) is 10.2 Å². The van der Waals surface area contributed by atoms with E-state index in [0.29, 0.717) is 45.9 Å². The molecule has 8 aromatic rings. The normalized spacial score (nSPS) is 13.1. The molecule has 0 fully saturated rings. The average Bonchev–Trinajstić information content (AvgIpc) is 4.08. The summed E-state index contributed by atoms with van der Waals surface area (Å²) in [6.07, 6.45) is 4.20. The minimum atomic E-state index is -4.15. The van der Waals surface area contributed by atoms with E-state index in [2.05, 4.69) is 41.0 Å². The first kappa shape index (κ1) is 49.2. The van der Waals surface area contributed by atoms with Crippen molar-refractivity contribution in [1.82, 2.24) is 50.4 Å². The van der Waals surface area contributed by atoms with Gasteiger partial charge in [-0.3, -0.25) is 9.97 Å². The summed E-state index contributed by atoms with van der Waals surface area (Å²) >= 11 is 0. The second kappa shape index (κ2) is 20.6. The molecule has 0 aliphatic carbocycles. The summed E-state index contributed by atoms with van der Waals surface area (Å²) in [7, 11) is 0. The molecule has 0 radical (unpaired) electrons. The summed E-state index contributed by atoms with van der Waals surface area (Å²) in [4.78, 5) is 7.54. The Morgan fingerprint density at radius 3 is 1.21 bits per heavy atom. The van der Waals surface area contributed by atoms with Crippen LogP contribution in [0.5, 0.6) is 11.5 Å². The Kier molecular flexibility index (Phi) is 14.5. The summed E-state index contributed by atoms with van der Waals surface area (Å²) in [5, 5.41) is 60.3. The average molecular weight is 969 g/mol. The van der Waals surface area contributed by atoms with Crippen LogP contribution in [0.1, 0.15) is 44.8 Å². The van der Waals surface area contributed by atoms with E-state index in [9.17, 15) is 27.8 Å². The molecule has 0 saturated carbocycles. The van der Waals surface area contributed by atoms with E-state index < -0.39 is 81.9 Å². The van der Waals surface area contributed by atoms with E-state index >= 15 is 17.6 Å². The quantitative estimate of drug-likeness (QED) is 0.0937. The van der Waals surface area contributed by atoms with Crippen LogP contribution in [0.25, 0.3) is 0 Å². The van der Waals surface area contributed by atoms with Crippen LogP contribution in [0.3, 0.4) is 0 Å². The molecule has 4 aromatic carbocycles. The molecule has 0 aliphatic rings. The zero-order chi connectivity index (χ0) is 50.1. The lowest BCUT2D eigenvalue weighted by molar-refractivity contribution is -0.207. The fraction of sp³-hybridized carbons (Fsp3) is 0.174. The van der Waals surface area contributed by atoms with E-state index in [0.717, 1.165) is 70.8 Å². The molecule has 0 spiro atoms. The van der Waals surface area contributed by atoms with Crippen molar-refractivity contribution >= 4 is 0 Å². The summed E-state index contributed by atoms with van der Waals surface area (Å²) < 4.78 is 131. The Morgan fingerprint density at radius 1 is 0.529 bits per heavy atom. The van der Waals surface area contributed by atoms with Crippen molar-refractivity contribution in [3.8, 4) is 23.6 Å². The van der Waals surface area contributed by atoms with Crippen molar-refractivity contribution in [2.24, 2.45) is 0 Å². The van der Waals surface area contributed by atoms with Crippen LogP contribution >= 0.6 is 0 Å². The van der Waals surface area contributed by atoms with E-state index in [1.807, 2.05) is 12.1 Å². The number of pyridine rings is 2. The van der Waals surface area contributed by atoms with Crippen LogP contribution in [-0.4, -0.2) is 60.6 Å². The van der Waals surface area contributed by atoms with Gasteiger partial charge in [0, 0.05) is 46.8 Å². The van der Waals surface area contributed by atoms with Gasteiger partial charge in [-0.1, -0.05) is 12.1 Å². The molecule has 0 aliphatic heterocycles. The fourth-order valence-corrected chi connectivity index (χ4v) is 6.73. The number of rotatable bonds is 16. The van der Waals surface area contributed by atoms with Gasteiger partial charge in [0.15, 0.2) is 11.2 Å². The van der Waals surface area contributed by atoms with Gasteiger partial charge in [-0.05, 0) is 106 Å². The SMILES string of the molecule is N#Cc1ccc(OCc2ccc(C(F)(F)C(O)(Cn3cnnn3)c3ccc(F)cc3F)nc2)cc1.N#Cc1ccc(OCc2ccc(C(F)(F)C(O)(Cn3cnnn3)c3ccc(F)cc3F)nc2)cc1. The number of halogens is 8. The Bertz CT molecular complexity index is 2900. The second-order valence-electron chi connectivity index (χ2n) is 15.1. The van der Waals surface area contributed by atoms with Crippen molar-refractivity contribution in [1.29, 1.82) is 10.5 Å². The van der Waals surface area contributed by atoms with Crippen LogP contribution < -0.4 is 9.47 Å². The molecular formula is C46H32F8N12O4. The van der Waals surface area contributed by atoms with E-state index in [1.165, 1.54) is 12.1 Å². The molecule has 70 heavy (non-hydrogen) atoms. The molecule has 0 saturated heterocycles. The maximum absolute atomic E-state index is 15.7. The number of benzene rings is 4. The molecule has 2 N–H and O–H groups in total. The van der Waals surface area contributed by atoms with Crippen molar-refractivity contribution in [3.63, 3.8) is 0 Å². The van der Waals surface area contributed by atoms with Gasteiger partial charge in [0.2, 0.25) is 0 Å². The third kappa shape index (κ3) is 10.7. The Hall–Kier alpha value is -8.74. The van der Waals surface area contributed by atoms with E-state index in [-0.39, 0.29) is 13.2 Å². The van der Waals surface area contributed by atoms with Crippen LogP contribution in [0, 0.1) is 45.9 Å². The van der Waals surface area contributed by atoms with Crippen molar-refractivity contribution < 1.29 is 54.8 Å². The lowest BCUT2D eigenvalue weighted by atomic mass is 9.84. The number of alkyl halides is 4. The van der Waals surface area contributed by atoms with Gasteiger partial charge in [0.1, 0.15) is 72.0 Å². The van der Waals surface area contributed by atoms with Crippen LogP contribution in [0.2, 0.25) is 0 Å². The molecule has 4 aromatic heterocycles. The van der Waals surface area contributed by atoms with Gasteiger partial charge in [0.05, 0.1) is 36.4 Å². The highest BCUT2D eigenvalue weighted by Crippen LogP contribution is 2.48. The molecule has 0 bridgehead atoms. The molecule has 0 amide bonds. The van der Waals surface area contributed by atoms with Gasteiger partial charge in [-0.2, -0.15) is 28.1 Å². The topological polar surface area (TPSA) is 219 Å². The maximum Gasteiger partial charge on any atom is 0.323 e. The summed E-state index contributed by atoms with van der Waals surface area (Å²) in [5.41, 5.74) is -8.07. The fourth-order valence-electron chi connectivity index (χ4n) is 6.73. The van der Waals surface area contributed by atoms with Crippen LogP contribution in [-0.2, 0) is 49.4 Å². The number of ether oxygens (including phenoxy) is 2. The van der Waals surface area contributed by atoms with Gasteiger partial charge in [0.25, 0.3) is 0 Å². The highest BCUT2D eigenvalue weighted by atomic mass is 19.3. The van der Waals surface area contributed by atoms with Gasteiger partial charge in [-0.25, -0.2) is 26.9 Å². The summed E-state index contributed by atoms with van der Waals surface area (Å²) in [6, 6.07) is 25.0.